The number of nitrogens with two attached hydrogens (primary N) is 1. The van der Waals surface area contributed by atoms with Gasteiger partial charge in [0.25, 0.3) is 0 Å². The van der Waals surface area contributed by atoms with Crippen molar-refractivity contribution in [1.82, 2.24) is 4.90 Å². The van der Waals surface area contributed by atoms with Gasteiger partial charge in [0.1, 0.15) is 6.10 Å². The molecule has 10 heteroatoms. The average Bonchev–Trinajstić information content (AvgIpc) is 2.75. The zero-order valence-electron chi connectivity index (χ0n) is 18.7. The summed E-state index contributed by atoms with van der Waals surface area (Å²) in [5, 5.41) is 0. The van der Waals surface area contributed by atoms with Gasteiger partial charge in [-0.25, -0.2) is 4.39 Å². The molecule has 4 atom stereocenters. The van der Waals surface area contributed by atoms with E-state index < -0.39 is 23.7 Å². The predicted molar refractivity (Wildman–Crippen MR) is 112 cm³/mol. The van der Waals surface area contributed by atoms with E-state index in [4.69, 9.17) is 15.2 Å². The lowest BCUT2D eigenvalue weighted by molar-refractivity contribution is -0.150. The Morgan fingerprint density at radius 3 is 2.36 bits per heavy atom. The molecule has 3 rings (SSSR count). The molecule has 3 unspecified atom stereocenters. The number of ether oxygens (including phenoxy) is 2. The van der Waals surface area contributed by atoms with Gasteiger partial charge in [-0.3, -0.25) is 9.59 Å². The lowest BCUT2D eigenvalue weighted by Crippen LogP contribution is -2.49. The summed E-state index contributed by atoms with van der Waals surface area (Å²) in [4.78, 5) is 25.9. The summed E-state index contributed by atoms with van der Waals surface area (Å²) in [6.07, 6.45) is -2.48. The minimum absolute atomic E-state index is 0.0348. The Morgan fingerprint density at radius 2 is 1.82 bits per heavy atom. The number of esters is 1. The first-order chi connectivity index (χ1) is 15.5. The highest BCUT2D eigenvalue weighted by Crippen LogP contribution is 2.34. The Morgan fingerprint density at radius 1 is 1.15 bits per heavy atom. The molecular formula is C23H30F4N2O4. The number of rotatable bonds is 5. The number of benzene rings is 1. The smallest absolute Gasteiger partial charge is 0.416 e. The second-order valence-electron chi connectivity index (χ2n) is 8.95. The molecule has 1 amide bonds. The van der Waals surface area contributed by atoms with Crippen molar-refractivity contribution in [2.24, 2.45) is 17.6 Å². The van der Waals surface area contributed by atoms with Crippen molar-refractivity contribution in [3.8, 4) is 5.75 Å². The highest BCUT2D eigenvalue weighted by atomic mass is 19.4. The van der Waals surface area contributed by atoms with Gasteiger partial charge in [0.15, 0.2) is 11.6 Å². The largest absolute Gasteiger partial charge is 0.487 e. The summed E-state index contributed by atoms with van der Waals surface area (Å²) >= 11 is 0. The Kier molecular flexibility index (Phi) is 7.87. The molecular weight excluding hydrogens is 444 g/mol. The second-order valence-corrected chi connectivity index (χ2v) is 8.95. The maximum absolute atomic E-state index is 14.1. The highest BCUT2D eigenvalue weighted by Gasteiger charge is 2.37. The Hall–Kier alpha value is -2.36. The van der Waals surface area contributed by atoms with Gasteiger partial charge in [-0.05, 0) is 63.1 Å². The van der Waals surface area contributed by atoms with E-state index in [-0.39, 0.29) is 41.6 Å². The molecule has 184 valence electrons. The van der Waals surface area contributed by atoms with Crippen LogP contribution in [0.1, 0.15) is 51.5 Å². The van der Waals surface area contributed by atoms with Crippen LogP contribution in [0.25, 0.3) is 0 Å². The lowest BCUT2D eigenvalue weighted by atomic mass is 9.82. The molecule has 0 spiro atoms. The van der Waals surface area contributed by atoms with Gasteiger partial charge in [-0.1, -0.05) is 0 Å². The van der Waals surface area contributed by atoms with Crippen molar-refractivity contribution in [1.29, 1.82) is 0 Å². The van der Waals surface area contributed by atoms with E-state index >= 15 is 0 Å². The highest BCUT2D eigenvalue weighted by molar-refractivity contribution is 5.79. The number of hydrogen-bond acceptors (Lipinski definition) is 5. The zero-order chi connectivity index (χ0) is 24.3. The molecule has 33 heavy (non-hydrogen) atoms. The fourth-order valence-corrected chi connectivity index (χ4v) is 4.68. The van der Waals surface area contributed by atoms with Crippen LogP contribution in [0.15, 0.2) is 18.2 Å². The fraction of sp³-hybridized carbons (Fsp3) is 0.652. The normalized spacial score (nSPS) is 25.4. The molecule has 0 aromatic heterocycles. The summed E-state index contributed by atoms with van der Waals surface area (Å²) < 4.78 is 63.1. The number of likely N-dealkylation sites (tertiary alicyclic amines) is 1. The van der Waals surface area contributed by atoms with E-state index in [0.717, 1.165) is 12.1 Å². The maximum atomic E-state index is 14.1. The van der Waals surface area contributed by atoms with E-state index in [1.807, 2.05) is 0 Å². The quantitative estimate of drug-likeness (QED) is 0.517. The summed E-state index contributed by atoms with van der Waals surface area (Å²) in [5.74, 6) is -1.78. The van der Waals surface area contributed by atoms with Crippen LogP contribution < -0.4 is 10.5 Å². The summed E-state index contributed by atoms with van der Waals surface area (Å²) in [6.45, 7) is 4.14. The number of carbonyl (C=O) groups excluding carboxylic acids is 2. The topological polar surface area (TPSA) is 81.9 Å². The van der Waals surface area contributed by atoms with Gasteiger partial charge < -0.3 is 20.1 Å². The minimum Gasteiger partial charge on any atom is -0.487 e. The van der Waals surface area contributed by atoms with Crippen LogP contribution in [0.4, 0.5) is 17.6 Å². The molecule has 1 aliphatic carbocycles. The number of nitrogens with zero attached hydrogens (tertiary/aromatic N) is 1. The van der Waals surface area contributed by atoms with Crippen LogP contribution in [0, 0.1) is 17.7 Å². The Balaban J connectivity index is 1.49. The lowest BCUT2D eigenvalue weighted by Gasteiger charge is -2.39. The summed E-state index contributed by atoms with van der Waals surface area (Å²) in [6, 6.07) is 1.86. The van der Waals surface area contributed by atoms with E-state index in [0.29, 0.717) is 51.3 Å². The third-order valence-corrected chi connectivity index (χ3v) is 6.59. The molecule has 0 radical (unpaired) electrons. The molecule has 2 N–H and O–H groups in total. The number of halogens is 4. The molecule has 6 nitrogen and oxygen atoms in total. The second kappa shape index (κ2) is 10.3. The summed E-state index contributed by atoms with van der Waals surface area (Å²) in [5.41, 5.74) is 5.05. The number of hydrogen-bond donors (Lipinski definition) is 1. The molecule has 1 saturated heterocycles. The van der Waals surface area contributed by atoms with Crippen molar-refractivity contribution >= 4 is 11.9 Å². The third kappa shape index (κ3) is 6.37. The van der Waals surface area contributed by atoms with Gasteiger partial charge in [0.2, 0.25) is 5.91 Å². The van der Waals surface area contributed by atoms with Gasteiger partial charge in [0.05, 0.1) is 11.7 Å². The van der Waals surface area contributed by atoms with E-state index in [1.54, 1.807) is 11.8 Å². The SMILES string of the molecule is CC(=O)OC1CCC(C(=O)N2CCC(C(C)Oc3ccc(C(F)(F)F)cc3F)CC2)C[C@@H]1N. The molecule has 1 saturated carbocycles. The fourth-order valence-electron chi connectivity index (χ4n) is 4.68. The van der Waals surface area contributed by atoms with Crippen molar-refractivity contribution in [3.63, 3.8) is 0 Å². The summed E-state index contributed by atoms with van der Waals surface area (Å²) in [7, 11) is 0. The number of carbonyl (C=O) groups is 2. The number of piperidine rings is 1. The molecule has 2 fully saturated rings. The van der Waals surface area contributed by atoms with Gasteiger partial charge >= 0.3 is 12.1 Å². The molecule has 2 aliphatic rings. The monoisotopic (exact) mass is 474 g/mol. The number of alkyl halides is 3. The third-order valence-electron chi connectivity index (χ3n) is 6.59. The molecule has 1 aromatic rings. The minimum atomic E-state index is -4.62. The van der Waals surface area contributed by atoms with Crippen LogP contribution in [-0.4, -0.2) is 48.1 Å². The van der Waals surface area contributed by atoms with E-state index in [2.05, 4.69) is 0 Å². The van der Waals surface area contributed by atoms with Crippen LogP contribution in [0.3, 0.4) is 0 Å². The molecule has 1 heterocycles. The number of amides is 1. The first-order valence-electron chi connectivity index (χ1n) is 11.2. The first kappa shape index (κ1) is 25.3. The van der Waals surface area contributed by atoms with Crippen molar-refractivity contribution in [2.75, 3.05) is 13.1 Å². The first-order valence-corrected chi connectivity index (χ1v) is 11.2. The molecule has 1 aliphatic heterocycles. The van der Waals surface area contributed by atoms with Crippen molar-refractivity contribution in [3.05, 3.63) is 29.6 Å². The van der Waals surface area contributed by atoms with Gasteiger partial charge in [-0.15, -0.1) is 0 Å². The van der Waals surface area contributed by atoms with E-state index in [9.17, 15) is 27.2 Å². The van der Waals surface area contributed by atoms with E-state index in [1.165, 1.54) is 6.92 Å². The van der Waals surface area contributed by atoms with Crippen LogP contribution >= 0.6 is 0 Å². The average molecular weight is 474 g/mol. The standard InChI is InChI=1S/C23H30F4N2O4/c1-13(32-20-6-4-17(12-18(20)24)23(25,26)27)15-7-9-29(10-8-15)22(31)16-3-5-21(19(28)11-16)33-14(2)30/h4,6,12-13,15-16,19,21H,3,5,7-11,28H2,1-2H3/t13?,16?,19-,21?/m0/s1. The molecule has 1 aromatic carbocycles. The maximum Gasteiger partial charge on any atom is 0.416 e. The predicted octanol–water partition coefficient (Wildman–Crippen LogP) is 3.91. The Labute approximate surface area is 190 Å². The van der Waals surface area contributed by atoms with Crippen molar-refractivity contribution in [2.45, 2.75) is 70.4 Å². The Bertz CT molecular complexity index is 855. The van der Waals surface area contributed by atoms with Crippen LogP contribution in [0.5, 0.6) is 5.75 Å². The van der Waals surface area contributed by atoms with Crippen LogP contribution in [0.2, 0.25) is 0 Å². The van der Waals surface area contributed by atoms with Gasteiger partial charge in [-0.2, -0.15) is 13.2 Å². The van der Waals surface area contributed by atoms with Crippen molar-refractivity contribution < 1.29 is 36.6 Å². The molecule has 0 bridgehead atoms. The van der Waals surface area contributed by atoms with Crippen LogP contribution in [-0.2, 0) is 20.5 Å². The zero-order valence-corrected chi connectivity index (χ0v) is 18.7. The van der Waals surface area contributed by atoms with Gasteiger partial charge in [0, 0.05) is 32.0 Å².